The lowest BCUT2D eigenvalue weighted by Gasteiger charge is -2.13. The third kappa shape index (κ3) is 2.17. The van der Waals surface area contributed by atoms with E-state index in [1.807, 2.05) is 43.3 Å². The summed E-state index contributed by atoms with van der Waals surface area (Å²) in [5.41, 5.74) is 4.65. The second-order valence-electron chi connectivity index (χ2n) is 4.99. The van der Waals surface area contributed by atoms with Crippen LogP contribution in [-0.4, -0.2) is 15.1 Å². The van der Waals surface area contributed by atoms with E-state index < -0.39 is 6.10 Å². The molecule has 100 valence electrons. The lowest BCUT2D eigenvalue weighted by molar-refractivity contribution is 0.199. The number of nitrogens with zero attached hydrogens (tertiary/aromatic N) is 2. The van der Waals surface area contributed by atoms with Gasteiger partial charge in [-0.3, -0.25) is 4.98 Å². The number of fused-ring (bicyclic) bond motifs is 1. The zero-order valence-electron chi connectivity index (χ0n) is 11.5. The molecule has 3 heteroatoms. The van der Waals surface area contributed by atoms with Gasteiger partial charge in [0.2, 0.25) is 0 Å². The van der Waals surface area contributed by atoms with Crippen molar-refractivity contribution in [1.29, 1.82) is 0 Å². The molecule has 20 heavy (non-hydrogen) atoms. The molecular formula is C17H16N2O. The quantitative estimate of drug-likeness (QED) is 0.768. The smallest absolute Gasteiger partial charge is 0.0783 e. The van der Waals surface area contributed by atoms with Crippen molar-refractivity contribution >= 4 is 10.9 Å². The molecular weight excluding hydrogens is 248 g/mol. The van der Waals surface area contributed by atoms with Crippen LogP contribution in [0.15, 0.2) is 48.8 Å². The van der Waals surface area contributed by atoms with E-state index in [1.54, 1.807) is 19.3 Å². The Hall–Kier alpha value is -2.26. The highest BCUT2D eigenvalue weighted by molar-refractivity contribution is 5.85. The Bertz CT molecular complexity index is 752. The molecule has 3 nitrogen and oxygen atoms in total. The van der Waals surface area contributed by atoms with E-state index >= 15 is 0 Å². The van der Waals surface area contributed by atoms with Gasteiger partial charge in [-0.25, -0.2) is 4.98 Å². The second-order valence-corrected chi connectivity index (χ2v) is 4.99. The first-order valence-electron chi connectivity index (χ1n) is 6.65. The number of aliphatic hydroxyl groups is 1. The van der Waals surface area contributed by atoms with Crippen LogP contribution < -0.4 is 0 Å². The summed E-state index contributed by atoms with van der Waals surface area (Å²) in [6.07, 6.45) is 2.94. The normalized spacial score (nSPS) is 12.6. The van der Waals surface area contributed by atoms with Crippen LogP contribution in [0.4, 0.5) is 0 Å². The summed E-state index contributed by atoms with van der Waals surface area (Å²) >= 11 is 0. The standard InChI is InChI=1S/C17H16N2O/c1-11-5-3-6-13-9-15(12(2)20)17(19-16(11)13)14-7-4-8-18-10-14/h3-10,12,20H,1-2H3/t12-/m0/s1. The van der Waals surface area contributed by atoms with E-state index in [0.717, 1.165) is 33.3 Å². The minimum Gasteiger partial charge on any atom is -0.389 e. The van der Waals surface area contributed by atoms with E-state index in [4.69, 9.17) is 4.98 Å². The predicted octanol–water partition coefficient (Wildman–Crippen LogP) is 3.66. The first-order valence-corrected chi connectivity index (χ1v) is 6.65. The second kappa shape index (κ2) is 5.02. The summed E-state index contributed by atoms with van der Waals surface area (Å²) in [4.78, 5) is 8.91. The Morgan fingerprint density at radius 3 is 2.70 bits per heavy atom. The van der Waals surface area contributed by atoms with Crippen molar-refractivity contribution in [3.05, 3.63) is 59.9 Å². The summed E-state index contributed by atoms with van der Waals surface area (Å²) in [7, 11) is 0. The van der Waals surface area contributed by atoms with Crippen molar-refractivity contribution in [3.8, 4) is 11.3 Å². The van der Waals surface area contributed by atoms with Gasteiger partial charge in [-0.05, 0) is 37.6 Å². The highest BCUT2D eigenvalue weighted by Gasteiger charge is 2.14. The molecule has 0 amide bonds. The van der Waals surface area contributed by atoms with Crippen molar-refractivity contribution in [2.75, 3.05) is 0 Å². The Morgan fingerprint density at radius 2 is 2.00 bits per heavy atom. The van der Waals surface area contributed by atoms with Crippen LogP contribution in [0.3, 0.4) is 0 Å². The third-order valence-electron chi connectivity index (χ3n) is 3.46. The minimum absolute atomic E-state index is 0.567. The van der Waals surface area contributed by atoms with Gasteiger partial charge in [-0.1, -0.05) is 18.2 Å². The fourth-order valence-corrected chi connectivity index (χ4v) is 2.42. The van der Waals surface area contributed by atoms with Crippen molar-refractivity contribution in [2.45, 2.75) is 20.0 Å². The summed E-state index contributed by atoms with van der Waals surface area (Å²) < 4.78 is 0. The van der Waals surface area contributed by atoms with Gasteiger partial charge in [-0.15, -0.1) is 0 Å². The summed E-state index contributed by atoms with van der Waals surface area (Å²) in [5.74, 6) is 0. The van der Waals surface area contributed by atoms with Crippen molar-refractivity contribution in [2.24, 2.45) is 0 Å². The van der Waals surface area contributed by atoms with E-state index in [-0.39, 0.29) is 0 Å². The van der Waals surface area contributed by atoms with Gasteiger partial charge in [0.05, 0.1) is 17.3 Å². The number of pyridine rings is 2. The van der Waals surface area contributed by atoms with E-state index in [0.29, 0.717) is 0 Å². The third-order valence-corrected chi connectivity index (χ3v) is 3.46. The fraction of sp³-hybridized carbons (Fsp3) is 0.176. The lowest BCUT2D eigenvalue weighted by Crippen LogP contribution is -1.99. The van der Waals surface area contributed by atoms with E-state index in [2.05, 4.69) is 4.98 Å². The zero-order chi connectivity index (χ0) is 14.1. The average Bonchev–Trinajstić information content (AvgIpc) is 2.47. The molecule has 0 saturated heterocycles. The number of aromatic nitrogens is 2. The maximum absolute atomic E-state index is 10.0. The maximum Gasteiger partial charge on any atom is 0.0783 e. The average molecular weight is 264 g/mol. The van der Waals surface area contributed by atoms with Gasteiger partial charge in [0.1, 0.15) is 0 Å². The largest absolute Gasteiger partial charge is 0.389 e. The maximum atomic E-state index is 10.0. The SMILES string of the molecule is Cc1cccc2cc([C@H](C)O)c(-c3cccnc3)nc12. The number of para-hydroxylation sites is 1. The molecule has 2 heterocycles. The van der Waals surface area contributed by atoms with Crippen LogP contribution >= 0.6 is 0 Å². The molecule has 0 unspecified atom stereocenters. The molecule has 1 atom stereocenters. The van der Waals surface area contributed by atoms with E-state index in [1.165, 1.54) is 0 Å². The number of aliphatic hydroxyl groups excluding tert-OH is 1. The number of aryl methyl sites for hydroxylation is 1. The highest BCUT2D eigenvalue weighted by atomic mass is 16.3. The Balaban J connectivity index is 2.34. The van der Waals surface area contributed by atoms with Crippen LogP contribution in [-0.2, 0) is 0 Å². The first kappa shape index (κ1) is 12.8. The van der Waals surface area contributed by atoms with Crippen LogP contribution in [0.25, 0.3) is 22.2 Å². The Morgan fingerprint density at radius 1 is 1.15 bits per heavy atom. The van der Waals surface area contributed by atoms with Crippen LogP contribution in [0, 0.1) is 6.92 Å². The minimum atomic E-state index is -0.567. The number of hydrogen-bond acceptors (Lipinski definition) is 3. The van der Waals surface area contributed by atoms with Crippen LogP contribution in [0.5, 0.6) is 0 Å². The molecule has 1 aromatic carbocycles. The fourth-order valence-electron chi connectivity index (χ4n) is 2.42. The highest BCUT2D eigenvalue weighted by Crippen LogP contribution is 2.30. The molecule has 3 aromatic rings. The number of benzene rings is 1. The van der Waals surface area contributed by atoms with Gasteiger partial charge in [0, 0.05) is 28.9 Å². The van der Waals surface area contributed by atoms with Gasteiger partial charge in [0.15, 0.2) is 0 Å². The van der Waals surface area contributed by atoms with Gasteiger partial charge in [-0.2, -0.15) is 0 Å². The summed E-state index contributed by atoms with van der Waals surface area (Å²) in [5, 5.41) is 11.1. The van der Waals surface area contributed by atoms with Crippen molar-refractivity contribution < 1.29 is 5.11 Å². The summed E-state index contributed by atoms with van der Waals surface area (Å²) in [6.45, 7) is 3.81. The van der Waals surface area contributed by atoms with Gasteiger partial charge in [0.25, 0.3) is 0 Å². The van der Waals surface area contributed by atoms with Crippen molar-refractivity contribution in [1.82, 2.24) is 9.97 Å². The predicted molar refractivity (Wildman–Crippen MR) is 80.3 cm³/mol. The molecule has 0 aliphatic rings. The molecule has 0 aliphatic heterocycles. The van der Waals surface area contributed by atoms with Gasteiger partial charge >= 0.3 is 0 Å². The first-order chi connectivity index (χ1) is 9.66. The zero-order valence-corrected chi connectivity index (χ0v) is 11.5. The molecule has 1 N–H and O–H groups in total. The monoisotopic (exact) mass is 264 g/mol. The van der Waals surface area contributed by atoms with Crippen LogP contribution in [0.2, 0.25) is 0 Å². The molecule has 0 radical (unpaired) electrons. The Labute approximate surface area is 117 Å². The molecule has 0 spiro atoms. The topological polar surface area (TPSA) is 46.0 Å². The van der Waals surface area contributed by atoms with Crippen molar-refractivity contribution in [3.63, 3.8) is 0 Å². The van der Waals surface area contributed by atoms with Crippen LogP contribution in [0.1, 0.15) is 24.2 Å². The Kier molecular flexibility index (Phi) is 3.20. The molecule has 0 bridgehead atoms. The molecule has 0 aliphatic carbocycles. The molecule has 0 saturated carbocycles. The molecule has 0 fully saturated rings. The van der Waals surface area contributed by atoms with E-state index in [9.17, 15) is 5.11 Å². The molecule has 2 aromatic heterocycles. The number of rotatable bonds is 2. The summed E-state index contributed by atoms with van der Waals surface area (Å²) in [6, 6.07) is 11.9. The molecule has 3 rings (SSSR count). The van der Waals surface area contributed by atoms with Gasteiger partial charge < -0.3 is 5.11 Å². The lowest BCUT2D eigenvalue weighted by atomic mass is 10.00. The number of hydrogen-bond donors (Lipinski definition) is 1.